The largest absolute Gasteiger partial charge is 0.465 e. The molecule has 2 aromatic carbocycles. The number of esters is 1. The molecule has 3 heterocycles. The van der Waals surface area contributed by atoms with Crippen LogP contribution in [0.5, 0.6) is 11.5 Å². The van der Waals surface area contributed by atoms with E-state index in [9.17, 15) is 14.4 Å². The zero-order valence-electron chi connectivity index (χ0n) is 27.6. The molecule has 1 unspecified atom stereocenters. The van der Waals surface area contributed by atoms with Crippen molar-refractivity contribution in [2.24, 2.45) is 5.73 Å². The summed E-state index contributed by atoms with van der Waals surface area (Å²) in [5, 5.41) is 3.37. The topological polar surface area (TPSA) is 133 Å². The summed E-state index contributed by atoms with van der Waals surface area (Å²) >= 11 is 0. The summed E-state index contributed by atoms with van der Waals surface area (Å²) in [5.74, 6) is 0.436. The summed E-state index contributed by atoms with van der Waals surface area (Å²) in [6.45, 7) is 9.24. The second-order valence-corrected chi connectivity index (χ2v) is 12.1. The third-order valence-electron chi connectivity index (χ3n) is 9.24. The maximum Gasteiger partial charge on any atom is 0.316 e. The van der Waals surface area contributed by atoms with Crippen LogP contribution in [0, 0.1) is 0 Å². The molecule has 5 rings (SSSR count). The van der Waals surface area contributed by atoms with E-state index >= 15 is 0 Å². The molecule has 11 heteroatoms. The molecule has 1 saturated heterocycles. The minimum Gasteiger partial charge on any atom is -0.465 e. The number of benzene rings is 2. The lowest BCUT2D eigenvalue weighted by atomic mass is 9.72. The first-order valence-corrected chi connectivity index (χ1v) is 16.4. The van der Waals surface area contributed by atoms with E-state index in [2.05, 4.69) is 10.2 Å². The summed E-state index contributed by atoms with van der Waals surface area (Å²) in [6.07, 6.45) is 2.82. The molecule has 252 valence electrons. The van der Waals surface area contributed by atoms with Crippen molar-refractivity contribution in [3.05, 3.63) is 82.3 Å². The fourth-order valence-electron chi connectivity index (χ4n) is 6.97. The van der Waals surface area contributed by atoms with Gasteiger partial charge in [0.2, 0.25) is 13.2 Å². The molecule has 0 saturated carbocycles. The van der Waals surface area contributed by atoms with Gasteiger partial charge in [-0.1, -0.05) is 36.4 Å². The lowest BCUT2D eigenvalue weighted by Gasteiger charge is -2.40. The van der Waals surface area contributed by atoms with Gasteiger partial charge in [0.1, 0.15) is 0 Å². The van der Waals surface area contributed by atoms with Gasteiger partial charge in [-0.3, -0.25) is 14.4 Å². The highest BCUT2D eigenvalue weighted by atomic mass is 16.7. The van der Waals surface area contributed by atoms with Crippen LogP contribution in [0.25, 0.3) is 0 Å². The Hall–Kier alpha value is -4.19. The Kier molecular flexibility index (Phi) is 11.3. The van der Waals surface area contributed by atoms with Crippen LogP contribution in [0.15, 0.2) is 71.2 Å². The molecule has 11 nitrogen and oxygen atoms in total. The van der Waals surface area contributed by atoms with Gasteiger partial charge in [0.15, 0.2) is 17.3 Å². The predicted molar refractivity (Wildman–Crippen MR) is 177 cm³/mol. The number of ketones is 1. The van der Waals surface area contributed by atoms with Crippen LogP contribution < -0.4 is 20.5 Å². The van der Waals surface area contributed by atoms with Crippen LogP contribution in [0.4, 0.5) is 0 Å². The number of dihydropyridines is 1. The van der Waals surface area contributed by atoms with Crippen molar-refractivity contribution in [2.75, 3.05) is 59.3 Å². The van der Waals surface area contributed by atoms with E-state index in [0.29, 0.717) is 79.7 Å². The highest BCUT2D eigenvalue weighted by Gasteiger charge is 2.44. The molecule has 3 N–H and O–H groups in total. The van der Waals surface area contributed by atoms with Crippen molar-refractivity contribution in [3.63, 3.8) is 0 Å². The molecule has 3 aliphatic rings. The monoisotopic (exact) mass is 646 g/mol. The fraction of sp³-hybridized carbons (Fsp3) is 0.472. The normalized spacial score (nSPS) is 18.9. The molecule has 1 fully saturated rings. The number of nitrogens with zero attached hydrogens (tertiary/aromatic N) is 2. The lowest BCUT2D eigenvalue weighted by molar-refractivity contribution is -0.152. The number of hydrogen-bond donors (Lipinski definition) is 2. The fourth-order valence-corrected chi connectivity index (χ4v) is 6.97. The second-order valence-electron chi connectivity index (χ2n) is 12.1. The number of hydrogen-bond acceptors (Lipinski definition) is 10. The molecule has 0 aliphatic carbocycles. The lowest BCUT2D eigenvalue weighted by Crippen LogP contribution is -2.48. The van der Waals surface area contributed by atoms with Gasteiger partial charge < -0.3 is 39.8 Å². The number of likely N-dealkylation sites (tertiary alicyclic amines) is 1. The zero-order chi connectivity index (χ0) is 33.4. The molecule has 0 radical (unpaired) electrons. The van der Waals surface area contributed by atoms with Crippen LogP contribution in [0.3, 0.4) is 0 Å². The van der Waals surface area contributed by atoms with Gasteiger partial charge in [0.25, 0.3) is 0 Å². The Balaban J connectivity index is 1.36. The van der Waals surface area contributed by atoms with Crippen molar-refractivity contribution in [2.45, 2.75) is 51.4 Å². The number of nitrogens with one attached hydrogen (secondary N) is 1. The number of nitrogens with two attached hydrogens (primary N) is 1. The van der Waals surface area contributed by atoms with Gasteiger partial charge in [0, 0.05) is 24.4 Å². The molecule has 1 atom stereocenters. The van der Waals surface area contributed by atoms with Crippen LogP contribution in [0.1, 0.15) is 57.1 Å². The van der Waals surface area contributed by atoms with E-state index in [1.807, 2.05) is 62.4 Å². The van der Waals surface area contributed by atoms with E-state index in [1.165, 1.54) is 0 Å². The standard InChI is InChI=1S/C36H46N4O7/c1-4-45-35(43)36(28-9-6-5-7-10-28)13-18-39(19-14-36)16-8-17-40(23-41)34-29(22-44-20-15-37)38-25(2)32(26(3)42)33(34)27-11-12-30-31(21-27)47-24-46-30/h5-7,9-12,21,23,33,38H,4,8,13-20,22,24,37H2,1-3H3. The van der Waals surface area contributed by atoms with Gasteiger partial charge in [-0.15, -0.1) is 0 Å². The summed E-state index contributed by atoms with van der Waals surface area (Å²) in [7, 11) is 0. The van der Waals surface area contributed by atoms with Crippen LogP contribution in [-0.2, 0) is 29.3 Å². The molecule has 2 aromatic rings. The molecule has 0 aromatic heterocycles. The van der Waals surface area contributed by atoms with Gasteiger partial charge in [-0.05, 0) is 82.9 Å². The maximum atomic E-state index is 13.2. The molecular formula is C36H46N4O7. The molecule has 0 bridgehead atoms. The minimum absolute atomic E-state index is 0.0974. The number of carbonyl (C=O) groups is 3. The van der Waals surface area contributed by atoms with Gasteiger partial charge in [-0.2, -0.15) is 0 Å². The van der Waals surface area contributed by atoms with E-state index in [4.69, 9.17) is 24.7 Å². The third-order valence-corrected chi connectivity index (χ3v) is 9.24. The van der Waals surface area contributed by atoms with Crippen molar-refractivity contribution >= 4 is 18.2 Å². The van der Waals surface area contributed by atoms with E-state index < -0.39 is 11.3 Å². The van der Waals surface area contributed by atoms with Gasteiger partial charge in [-0.25, -0.2) is 0 Å². The highest BCUT2D eigenvalue weighted by Crippen LogP contribution is 2.44. The van der Waals surface area contributed by atoms with E-state index in [-0.39, 0.29) is 25.2 Å². The number of fused-ring (bicyclic) bond motifs is 1. The summed E-state index contributed by atoms with van der Waals surface area (Å²) in [6, 6.07) is 15.5. The first-order chi connectivity index (χ1) is 22.8. The minimum atomic E-state index is -0.662. The summed E-state index contributed by atoms with van der Waals surface area (Å²) < 4.78 is 22.6. The summed E-state index contributed by atoms with van der Waals surface area (Å²) in [5.41, 5.74) is 9.49. The molecule has 3 aliphatic heterocycles. The number of carbonyl (C=O) groups excluding carboxylic acids is 3. The van der Waals surface area contributed by atoms with Crippen LogP contribution >= 0.6 is 0 Å². The number of Topliss-reactive ketones (excluding diaryl/α,β-unsaturated/α-hetero) is 1. The Labute approximate surface area is 276 Å². The summed E-state index contributed by atoms with van der Waals surface area (Å²) in [4.78, 5) is 43.2. The highest BCUT2D eigenvalue weighted by molar-refractivity contribution is 5.97. The number of amides is 1. The number of rotatable bonds is 15. The van der Waals surface area contributed by atoms with E-state index in [1.54, 1.807) is 11.8 Å². The van der Waals surface area contributed by atoms with Crippen LogP contribution in [0.2, 0.25) is 0 Å². The smallest absolute Gasteiger partial charge is 0.316 e. The zero-order valence-corrected chi connectivity index (χ0v) is 27.6. The predicted octanol–water partition coefficient (Wildman–Crippen LogP) is 3.60. The Morgan fingerprint density at radius 2 is 1.87 bits per heavy atom. The number of ether oxygens (including phenoxy) is 4. The van der Waals surface area contributed by atoms with Gasteiger partial charge >= 0.3 is 5.97 Å². The average Bonchev–Trinajstić information content (AvgIpc) is 3.56. The van der Waals surface area contributed by atoms with Gasteiger partial charge in [0.05, 0.1) is 42.5 Å². The maximum absolute atomic E-state index is 13.2. The molecular weight excluding hydrogens is 600 g/mol. The first kappa shape index (κ1) is 34.2. The SMILES string of the molecule is CCOC(=O)C1(c2ccccc2)CCN(CCCN(C=O)C2=C(COCCN)NC(C)=C(C(C)=O)C2c2ccc3c(c2)OCO3)CC1. The van der Waals surface area contributed by atoms with E-state index in [0.717, 1.165) is 37.2 Å². The quantitative estimate of drug-likeness (QED) is 0.168. The molecule has 1 amide bonds. The Bertz CT molecular complexity index is 1500. The Morgan fingerprint density at radius 3 is 2.55 bits per heavy atom. The average molecular weight is 647 g/mol. The van der Waals surface area contributed by atoms with Crippen LogP contribution in [-0.4, -0.2) is 87.3 Å². The Morgan fingerprint density at radius 1 is 1.13 bits per heavy atom. The second kappa shape index (κ2) is 15.6. The van der Waals surface area contributed by atoms with Crippen molar-refractivity contribution in [1.82, 2.24) is 15.1 Å². The number of allylic oxidation sites excluding steroid dienone is 2. The van der Waals surface area contributed by atoms with Crippen molar-refractivity contribution in [3.8, 4) is 11.5 Å². The third kappa shape index (κ3) is 7.37. The van der Waals surface area contributed by atoms with Crippen molar-refractivity contribution < 1.29 is 33.3 Å². The van der Waals surface area contributed by atoms with Crippen molar-refractivity contribution in [1.29, 1.82) is 0 Å². The number of piperidine rings is 1. The first-order valence-electron chi connectivity index (χ1n) is 16.4. The molecule has 47 heavy (non-hydrogen) atoms. The molecule has 0 spiro atoms.